The Morgan fingerprint density at radius 1 is 1.35 bits per heavy atom. The Kier molecular flexibility index (Phi) is 5.45. The van der Waals surface area contributed by atoms with Crippen molar-refractivity contribution < 1.29 is 4.74 Å². The van der Waals surface area contributed by atoms with Crippen LogP contribution in [0, 0.1) is 0 Å². The number of rotatable bonds is 6. The average molecular weight is 236 g/mol. The first-order chi connectivity index (χ1) is 8.08. The van der Waals surface area contributed by atoms with Crippen LogP contribution in [-0.2, 0) is 0 Å². The third kappa shape index (κ3) is 4.02. The van der Waals surface area contributed by atoms with Gasteiger partial charge in [0.25, 0.3) is 0 Å². The molecule has 1 atom stereocenters. The van der Waals surface area contributed by atoms with Crippen LogP contribution in [-0.4, -0.2) is 31.1 Å². The van der Waals surface area contributed by atoms with Crippen LogP contribution in [0.4, 0.5) is 0 Å². The van der Waals surface area contributed by atoms with Crippen molar-refractivity contribution in [1.29, 1.82) is 0 Å². The fourth-order valence-electron chi connectivity index (χ4n) is 1.94. The van der Waals surface area contributed by atoms with E-state index >= 15 is 0 Å². The smallest absolute Gasteiger partial charge is 0.119 e. The number of methoxy groups -OCH3 is 1. The van der Waals surface area contributed by atoms with Crippen molar-refractivity contribution in [2.24, 2.45) is 5.73 Å². The van der Waals surface area contributed by atoms with Gasteiger partial charge in [-0.05, 0) is 38.1 Å². The third-order valence-corrected chi connectivity index (χ3v) is 3.09. The summed E-state index contributed by atoms with van der Waals surface area (Å²) in [6.07, 6.45) is 0. The summed E-state index contributed by atoms with van der Waals surface area (Å²) in [5.74, 6) is 0.866. The minimum atomic E-state index is 0.0347. The second-order valence-electron chi connectivity index (χ2n) is 4.56. The third-order valence-electron chi connectivity index (χ3n) is 3.09. The number of nitrogens with zero attached hydrogens (tertiary/aromatic N) is 1. The van der Waals surface area contributed by atoms with Gasteiger partial charge in [-0.2, -0.15) is 0 Å². The fourth-order valence-corrected chi connectivity index (χ4v) is 1.94. The van der Waals surface area contributed by atoms with E-state index in [4.69, 9.17) is 10.5 Å². The highest BCUT2D eigenvalue weighted by Gasteiger charge is 2.13. The SMILES string of the molecule is CCN(CC(N)c1cccc(OC)c1)C(C)C. The normalized spacial score (nSPS) is 13.1. The molecule has 1 rings (SSSR count). The number of hydrogen-bond donors (Lipinski definition) is 1. The van der Waals surface area contributed by atoms with Gasteiger partial charge < -0.3 is 10.5 Å². The molecule has 0 heterocycles. The molecule has 96 valence electrons. The van der Waals surface area contributed by atoms with Gasteiger partial charge in [-0.15, -0.1) is 0 Å². The average Bonchev–Trinajstić information content (AvgIpc) is 2.35. The molecule has 3 heteroatoms. The van der Waals surface area contributed by atoms with Crippen LogP contribution < -0.4 is 10.5 Å². The van der Waals surface area contributed by atoms with Crippen molar-refractivity contribution >= 4 is 0 Å². The maximum absolute atomic E-state index is 6.24. The minimum absolute atomic E-state index is 0.0347. The zero-order valence-corrected chi connectivity index (χ0v) is 11.3. The number of hydrogen-bond acceptors (Lipinski definition) is 3. The Hall–Kier alpha value is -1.06. The number of ether oxygens (including phenoxy) is 1. The van der Waals surface area contributed by atoms with Crippen LogP contribution in [0.1, 0.15) is 32.4 Å². The lowest BCUT2D eigenvalue weighted by atomic mass is 10.1. The van der Waals surface area contributed by atoms with E-state index < -0.39 is 0 Å². The van der Waals surface area contributed by atoms with E-state index in [1.54, 1.807) is 7.11 Å². The summed E-state index contributed by atoms with van der Waals surface area (Å²) in [5, 5.41) is 0. The monoisotopic (exact) mass is 236 g/mol. The lowest BCUT2D eigenvalue weighted by Crippen LogP contribution is -2.36. The molecule has 1 aromatic rings. The van der Waals surface area contributed by atoms with Crippen LogP contribution >= 0.6 is 0 Å². The highest BCUT2D eigenvalue weighted by molar-refractivity contribution is 5.30. The maximum Gasteiger partial charge on any atom is 0.119 e. The Balaban J connectivity index is 2.71. The largest absolute Gasteiger partial charge is 0.497 e. The van der Waals surface area contributed by atoms with E-state index in [0.717, 1.165) is 24.4 Å². The van der Waals surface area contributed by atoms with E-state index in [-0.39, 0.29) is 6.04 Å². The number of benzene rings is 1. The molecule has 1 aromatic carbocycles. The summed E-state index contributed by atoms with van der Waals surface area (Å²) in [7, 11) is 1.68. The highest BCUT2D eigenvalue weighted by Crippen LogP contribution is 2.18. The molecule has 0 fully saturated rings. The van der Waals surface area contributed by atoms with Crippen molar-refractivity contribution in [3.05, 3.63) is 29.8 Å². The molecule has 0 bridgehead atoms. The molecular weight excluding hydrogens is 212 g/mol. The Labute approximate surface area is 105 Å². The predicted octanol–water partition coefficient (Wildman–Crippen LogP) is 2.43. The Morgan fingerprint density at radius 3 is 2.59 bits per heavy atom. The van der Waals surface area contributed by atoms with Crippen LogP contribution in [0.2, 0.25) is 0 Å². The zero-order chi connectivity index (χ0) is 12.8. The first-order valence-corrected chi connectivity index (χ1v) is 6.22. The summed E-state index contributed by atoms with van der Waals surface area (Å²) < 4.78 is 5.21. The van der Waals surface area contributed by atoms with Crippen LogP contribution in [0.3, 0.4) is 0 Å². The predicted molar refractivity (Wildman–Crippen MR) is 72.3 cm³/mol. The van der Waals surface area contributed by atoms with Gasteiger partial charge in [0.2, 0.25) is 0 Å². The molecule has 0 spiro atoms. The van der Waals surface area contributed by atoms with Crippen molar-refractivity contribution in [2.75, 3.05) is 20.2 Å². The summed E-state index contributed by atoms with van der Waals surface area (Å²) >= 11 is 0. The first-order valence-electron chi connectivity index (χ1n) is 6.22. The number of likely N-dealkylation sites (N-methyl/N-ethyl adjacent to an activating group) is 1. The van der Waals surface area contributed by atoms with Crippen LogP contribution in [0.25, 0.3) is 0 Å². The first kappa shape index (κ1) is 14.0. The van der Waals surface area contributed by atoms with Crippen molar-refractivity contribution in [2.45, 2.75) is 32.9 Å². The Bertz CT molecular complexity index is 339. The van der Waals surface area contributed by atoms with Gasteiger partial charge >= 0.3 is 0 Å². The molecule has 0 aliphatic rings. The molecule has 0 amide bonds. The molecule has 2 N–H and O–H groups in total. The molecule has 0 radical (unpaired) electrons. The second-order valence-corrected chi connectivity index (χ2v) is 4.56. The molecule has 0 aliphatic carbocycles. The van der Waals surface area contributed by atoms with Gasteiger partial charge in [-0.25, -0.2) is 0 Å². The van der Waals surface area contributed by atoms with Crippen LogP contribution in [0.15, 0.2) is 24.3 Å². The molecular formula is C14H24N2O. The molecule has 0 aliphatic heterocycles. The summed E-state index contributed by atoms with van der Waals surface area (Å²) in [4.78, 5) is 2.37. The topological polar surface area (TPSA) is 38.5 Å². The summed E-state index contributed by atoms with van der Waals surface area (Å²) in [6.45, 7) is 8.46. The molecule has 0 saturated heterocycles. The quantitative estimate of drug-likeness (QED) is 0.824. The van der Waals surface area contributed by atoms with Gasteiger partial charge in [0, 0.05) is 18.6 Å². The molecule has 17 heavy (non-hydrogen) atoms. The molecule has 1 unspecified atom stereocenters. The van der Waals surface area contributed by atoms with Gasteiger partial charge in [0.15, 0.2) is 0 Å². The molecule has 0 aromatic heterocycles. The zero-order valence-electron chi connectivity index (χ0n) is 11.3. The van der Waals surface area contributed by atoms with Gasteiger partial charge in [0.05, 0.1) is 7.11 Å². The van der Waals surface area contributed by atoms with Crippen molar-refractivity contribution in [3.8, 4) is 5.75 Å². The van der Waals surface area contributed by atoms with E-state index in [2.05, 4.69) is 31.7 Å². The molecule has 0 saturated carbocycles. The minimum Gasteiger partial charge on any atom is -0.497 e. The Morgan fingerprint density at radius 2 is 2.06 bits per heavy atom. The maximum atomic E-state index is 6.24. The van der Waals surface area contributed by atoms with Crippen molar-refractivity contribution in [1.82, 2.24) is 4.90 Å². The van der Waals surface area contributed by atoms with Crippen LogP contribution in [0.5, 0.6) is 5.75 Å². The number of nitrogens with two attached hydrogens (primary N) is 1. The van der Waals surface area contributed by atoms with E-state index in [1.807, 2.05) is 18.2 Å². The van der Waals surface area contributed by atoms with Gasteiger partial charge in [-0.1, -0.05) is 19.1 Å². The van der Waals surface area contributed by atoms with E-state index in [0.29, 0.717) is 6.04 Å². The van der Waals surface area contributed by atoms with Gasteiger partial charge in [-0.3, -0.25) is 4.90 Å². The lowest BCUT2D eigenvalue weighted by molar-refractivity contribution is 0.219. The van der Waals surface area contributed by atoms with E-state index in [9.17, 15) is 0 Å². The lowest BCUT2D eigenvalue weighted by Gasteiger charge is -2.28. The summed E-state index contributed by atoms with van der Waals surface area (Å²) in [6, 6.07) is 8.56. The second kappa shape index (κ2) is 6.62. The highest BCUT2D eigenvalue weighted by atomic mass is 16.5. The summed E-state index contributed by atoms with van der Waals surface area (Å²) in [5.41, 5.74) is 7.36. The van der Waals surface area contributed by atoms with Crippen molar-refractivity contribution in [3.63, 3.8) is 0 Å². The standard InChI is InChI=1S/C14H24N2O/c1-5-16(11(2)3)10-14(15)12-7-6-8-13(9-12)17-4/h6-9,11,14H,5,10,15H2,1-4H3. The van der Waals surface area contributed by atoms with E-state index in [1.165, 1.54) is 0 Å². The van der Waals surface area contributed by atoms with Gasteiger partial charge in [0.1, 0.15) is 5.75 Å². The fraction of sp³-hybridized carbons (Fsp3) is 0.571. The molecule has 3 nitrogen and oxygen atoms in total.